The fourth-order valence-electron chi connectivity index (χ4n) is 2.65. The molecule has 0 fully saturated rings. The van der Waals surface area contributed by atoms with Gasteiger partial charge in [-0.2, -0.15) is 0 Å². The van der Waals surface area contributed by atoms with Crippen LogP contribution in [0.4, 0.5) is 0 Å². The first-order chi connectivity index (χ1) is 13.0. The Morgan fingerprint density at radius 1 is 0.852 bits per heavy atom. The number of allylic oxidation sites excluding steroid dienone is 3. The summed E-state index contributed by atoms with van der Waals surface area (Å²) in [5, 5.41) is 2.93. The van der Waals surface area contributed by atoms with Crippen molar-refractivity contribution in [2.45, 2.75) is 98.3 Å². The van der Waals surface area contributed by atoms with Gasteiger partial charge in [-0.1, -0.05) is 56.3 Å². The van der Waals surface area contributed by atoms with E-state index in [4.69, 9.17) is 4.74 Å². The van der Waals surface area contributed by atoms with Crippen LogP contribution < -0.4 is 5.32 Å². The van der Waals surface area contributed by atoms with Gasteiger partial charge >= 0.3 is 5.97 Å². The Bertz CT molecular complexity index is 462. The highest BCUT2D eigenvalue weighted by Crippen LogP contribution is 2.07. The first-order valence-electron chi connectivity index (χ1n) is 10.7. The van der Waals surface area contributed by atoms with Crippen molar-refractivity contribution in [3.05, 3.63) is 23.3 Å². The molecule has 0 rings (SSSR count). The highest BCUT2D eigenvalue weighted by atomic mass is 16.5. The van der Waals surface area contributed by atoms with Crippen molar-refractivity contribution in [2.24, 2.45) is 0 Å². The van der Waals surface area contributed by atoms with Crippen LogP contribution in [0.25, 0.3) is 0 Å². The molecule has 0 spiro atoms. The smallest absolute Gasteiger partial charge is 0.306 e. The lowest BCUT2D eigenvalue weighted by molar-refractivity contribution is -0.142. The second-order valence-corrected chi connectivity index (χ2v) is 7.52. The number of hydrogen-bond acceptors (Lipinski definition) is 3. The van der Waals surface area contributed by atoms with Crippen LogP contribution in [-0.4, -0.2) is 25.0 Å². The molecule has 0 heterocycles. The maximum absolute atomic E-state index is 11.7. The van der Waals surface area contributed by atoms with Gasteiger partial charge in [-0.3, -0.25) is 9.59 Å². The molecule has 0 unspecified atom stereocenters. The summed E-state index contributed by atoms with van der Waals surface area (Å²) in [4.78, 5) is 23.4. The van der Waals surface area contributed by atoms with Gasteiger partial charge in [0.2, 0.25) is 5.91 Å². The molecule has 0 aliphatic heterocycles. The second-order valence-electron chi connectivity index (χ2n) is 7.52. The van der Waals surface area contributed by atoms with E-state index in [-0.39, 0.29) is 11.9 Å². The van der Waals surface area contributed by atoms with Gasteiger partial charge in [0, 0.05) is 19.4 Å². The van der Waals surface area contributed by atoms with Gasteiger partial charge < -0.3 is 10.1 Å². The van der Waals surface area contributed by atoms with Crippen molar-refractivity contribution in [3.63, 3.8) is 0 Å². The molecule has 0 saturated heterocycles. The van der Waals surface area contributed by atoms with Gasteiger partial charge in [0.1, 0.15) is 6.61 Å². The van der Waals surface area contributed by atoms with E-state index in [0.29, 0.717) is 25.9 Å². The Morgan fingerprint density at radius 2 is 1.56 bits per heavy atom. The molecule has 0 bridgehead atoms. The van der Waals surface area contributed by atoms with Crippen LogP contribution in [0, 0.1) is 0 Å². The van der Waals surface area contributed by atoms with E-state index < -0.39 is 0 Å². The average Bonchev–Trinajstić information content (AvgIpc) is 2.60. The number of rotatable bonds is 16. The first kappa shape index (κ1) is 25.4. The third-order valence-electron chi connectivity index (χ3n) is 4.40. The van der Waals surface area contributed by atoms with Gasteiger partial charge in [0.25, 0.3) is 0 Å². The summed E-state index contributed by atoms with van der Waals surface area (Å²) < 4.78 is 5.20. The summed E-state index contributed by atoms with van der Waals surface area (Å²) >= 11 is 0. The minimum Gasteiger partial charge on any atom is -0.461 e. The van der Waals surface area contributed by atoms with Crippen molar-refractivity contribution in [1.29, 1.82) is 0 Å². The summed E-state index contributed by atoms with van der Waals surface area (Å²) in [6.07, 6.45) is 14.7. The quantitative estimate of drug-likeness (QED) is 0.207. The van der Waals surface area contributed by atoms with Crippen LogP contribution >= 0.6 is 0 Å². The number of carbonyl (C=O) groups excluding carboxylic acids is 2. The Kier molecular flexibility index (Phi) is 16.8. The molecule has 0 aliphatic carbocycles. The lowest BCUT2D eigenvalue weighted by Crippen LogP contribution is -2.24. The molecule has 0 aromatic heterocycles. The number of carbonyl (C=O) groups is 2. The number of ether oxygens (including phenoxy) is 1. The van der Waals surface area contributed by atoms with E-state index in [0.717, 1.165) is 25.8 Å². The first-order valence-corrected chi connectivity index (χ1v) is 10.7. The number of nitrogens with one attached hydrogen (secondary N) is 1. The zero-order chi connectivity index (χ0) is 20.3. The second kappa shape index (κ2) is 17.8. The molecule has 0 aliphatic rings. The topological polar surface area (TPSA) is 55.4 Å². The van der Waals surface area contributed by atoms with Gasteiger partial charge in [0.15, 0.2) is 0 Å². The van der Waals surface area contributed by atoms with Crippen molar-refractivity contribution >= 4 is 11.9 Å². The lowest BCUT2D eigenvalue weighted by atomic mass is 10.1. The zero-order valence-electron chi connectivity index (χ0n) is 18.1. The number of esters is 1. The highest BCUT2D eigenvalue weighted by molar-refractivity contribution is 5.76. The summed E-state index contributed by atoms with van der Waals surface area (Å²) in [7, 11) is 0. The molecular formula is C23H41NO3. The molecule has 4 heteroatoms. The van der Waals surface area contributed by atoms with Crippen molar-refractivity contribution in [3.8, 4) is 0 Å². The average molecular weight is 380 g/mol. The molecule has 0 atom stereocenters. The van der Waals surface area contributed by atoms with E-state index >= 15 is 0 Å². The largest absolute Gasteiger partial charge is 0.461 e. The summed E-state index contributed by atoms with van der Waals surface area (Å²) in [6.45, 7) is 9.52. The van der Waals surface area contributed by atoms with Crippen LogP contribution in [0.2, 0.25) is 0 Å². The molecular weight excluding hydrogens is 338 g/mol. The molecule has 0 aromatic carbocycles. The van der Waals surface area contributed by atoms with Crippen LogP contribution in [0.1, 0.15) is 98.3 Å². The Hall–Kier alpha value is -1.58. The van der Waals surface area contributed by atoms with Crippen LogP contribution in [0.15, 0.2) is 23.3 Å². The Morgan fingerprint density at radius 3 is 2.26 bits per heavy atom. The van der Waals surface area contributed by atoms with Gasteiger partial charge in [0.05, 0.1) is 0 Å². The van der Waals surface area contributed by atoms with Crippen LogP contribution in [0.5, 0.6) is 0 Å². The molecule has 27 heavy (non-hydrogen) atoms. The predicted octanol–water partition coefficient (Wildman–Crippen LogP) is 5.87. The normalized spacial score (nSPS) is 11.2. The molecule has 0 aromatic rings. The Labute approximate surface area is 166 Å². The van der Waals surface area contributed by atoms with Gasteiger partial charge in [-0.25, -0.2) is 0 Å². The zero-order valence-corrected chi connectivity index (χ0v) is 18.1. The fraction of sp³-hybridized carbons (Fsp3) is 0.739. The highest BCUT2D eigenvalue weighted by Gasteiger charge is 2.05. The molecule has 0 radical (unpaired) electrons. The van der Waals surface area contributed by atoms with E-state index in [1.807, 2.05) is 6.08 Å². The number of hydrogen-bond donors (Lipinski definition) is 1. The van der Waals surface area contributed by atoms with E-state index in [9.17, 15) is 9.59 Å². The van der Waals surface area contributed by atoms with Crippen LogP contribution in [0.3, 0.4) is 0 Å². The molecule has 1 amide bonds. The summed E-state index contributed by atoms with van der Waals surface area (Å²) in [5.41, 5.74) is 2.56. The molecule has 1 N–H and O–H groups in total. The lowest BCUT2D eigenvalue weighted by Gasteiger charge is -2.06. The molecule has 156 valence electrons. The van der Waals surface area contributed by atoms with Gasteiger partial charge in [-0.15, -0.1) is 0 Å². The van der Waals surface area contributed by atoms with E-state index in [1.54, 1.807) is 0 Å². The van der Waals surface area contributed by atoms with Crippen molar-refractivity contribution in [1.82, 2.24) is 5.32 Å². The summed E-state index contributed by atoms with van der Waals surface area (Å²) in [5.74, 6) is -0.196. The monoisotopic (exact) mass is 379 g/mol. The van der Waals surface area contributed by atoms with Gasteiger partial charge in [-0.05, 0) is 52.5 Å². The predicted molar refractivity (Wildman–Crippen MR) is 114 cm³/mol. The third-order valence-corrected chi connectivity index (χ3v) is 4.40. The third kappa shape index (κ3) is 19.0. The maximum Gasteiger partial charge on any atom is 0.306 e. The van der Waals surface area contributed by atoms with E-state index in [1.165, 1.54) is 43.3 Å². The fourth-order valence-corrected chi connectivity index (χ4v) is 2.65. The summed E-state index contributed by atoms with van der Waals surface area (Å²) in [6, 6.07) is 0. The van der Waals surface area contributed by atoms with E-state index in [2.05, 4.69) is 39.1 Å². The SMILES string of the molecule is CCCCCCCCNC(=O)CCCC(=O)OC/C=C(\C)CCC=C(C)C. The van der Waals surface area contributed by atoms with Crippen molar-refractivity contribution < 1.29 is 14.3 Å². The molecule has 4 nitrogen and oxygen atoms in total. The molecule has 0 saturated carbocycles. The minimum absolute atomic E-state index is 0.0337. The Balaban J connectivity index is 3.61. The number of unbranched alkanes of at least 4 members (excludes halogenated alkanes) is 5. The number of amides is 1. The maximum atomic E-state index is 11.7. The van der Waals surface area contributed by atoms with Crippen LogP contribution in [-0.2, 0) is 14.3 Å². The standard InChI is InChI=1S/C23H41NO3/c1-5-6-7-8-9-10-18-24-22(25)15-12-16-23(26)27-19-17-21(4)14-11-13-20(2)3/h13,17H,5-12,14-16,18-19H2,1-4H3,(H,24,25)/b21-17+. The minimum atomic E-state index is -0.230. The van der Waals surface area contributed by atoms with Crippen molar-refractivity contribution in [2.75, 3.05) is 13.2 Å².